The van der Waals surface area contributed by atoms with Crippen LogP contribution in [0.15, 0.2) is 36.4 Å². The Balaban J connectivity index is 1.75. The average molecular weight is 341 g/mol. The molecule has 0 bridgehead atoms. The minimum Gasteiger partial charge on any atom is -0.478 e. The number of hydrogen-bond acceptors (Lipinski definition) is 1. The van der Waals surface area contributed by atoms with Crippen molar-refractivity contribution >= 4 is 16.7 Å². The lowest BCUT2D eigenvalue weighted by molar-refractivity contribution is 0.0696. The van der Waals surface area contributed by atoms with Crippen LogP contribution >= 0.6 is 0 Å². The van der Waals surface area contributed by atoms with Gasteiger partial charge in [-0.3, -0.25) is 0 Å². The minimum atomic E-state index is -0.812. The molecule has 0 unspecified atom stereocenters. The molecule has 2 heteroatoms. The van der Waals surface area contributed by atoms with Gasteiger partial charge in [0, 0.05) is 0 Å². The van der Waals surface area contributed by atoms with Crippen molar-refractivity contribution in [1.82, 2.24) is 0 Å². The van der Waals surface area contributed by atoms with Gasteiger partial charge in [-0.15, -0.1) is 0 Å². The number of aryl methyl sites for hydroxylation is 1. The van der Waals surface area contributed by atoms with E-state index in [0.717, 1.165) is 29.2 Å². The summed E-state index contributed by atoms with van der Waals surface area (Å²) < 4.78 is 0. The third kappa shape index (κ3) is 6.53. The molecule has 0 atom stereocenters. The molecule has 0 aliphatic heterocycles. The minimum absolute atomic E-state index is 0.467. The van der Waals surface area contributed by atoms with E-state index in [1.165, 1.54) is 57.8 Å². The van der Waals surface area contributed by atoms with Gasteiger partial charge in [0.25, 0.3) is 0 Å². The Morgan fingerprint density at radius 2 is 1.32 bits per heavy atom. The Morgan fingerprint density at radius 3 is 1.88 bits per heavy atom. The van der Waals surface area contributed by atoms with Crippen molar-refractivity contribution < 1.29 is 9.90 Å². The van der Waals surface area contributed by atoms with Gasteiger partial charge in [-0.1, -0.05) is 95.0 Å². The fourth-order valence-corrected chi connectivity index (χ4v) is 3.50. The lowest BCUT2D eigenvalue weighted by Gasteiger charge is -2.09. The predicted molar refractivity (Wildman–Crippen MR) is 106 cm³/mol. The molecule has 0 aromatic heterocycles. The summed E-state index contributed by atoms with van der Waals surface area (Å²) in [5, 5.41) is 11.6. The molecule has 0 aliphatic carbocycles. The topological polar surface area (TPSA) is 37.3 Å². The monoisotopic (exact) mass is 340 g/mol. The van der Waals surface area contributed by atoms with Crippen LogP contribution in [0, 0.1) is 0 Å². The highest BCUT2D eigenvalue weighted by molar-refractivity contribution is 5.96. The Hall–Kier alpha value is -1.83. The molecule has 0 saturated carbocycles. The molecule has 0 saturated heterocycles. The smallest absolute Gasteiger partial charge is 0.335 e. The third-order valence-electron chi connectivity index (χ3n) is 5.00. The van der Waals surface area contributed by atoms with Gasteiger partial charge in [-0.05, 0) is 35.2 Å². The second-order valence-corrected chi connectivity index (χ2v) is 7.09. The van der Waals surface area contributed by atoms with Crippen molar-refractivity contribution in [2.24, 2.45) is 0 Å². The molecule has 2 aromatic carbocycles. The Bertz CT molecular complexity index is 660. The molecule has 136 valence electrons. The Labute approximate surface area is 152 Å². The summed E-state index contributed by atoms with van der Waals surface area (Å²) in [4.78, 5) is 11.5. The van der Waals surface area contributed by atoms with Crippen LogP contribution in [0.5, 0.6) is 0 Å². The lowest BCUT2D eigenvalue weighted by atomic mass is 9.96. The molecular weight excluding hydrogens is 308 g/mol. The van der Waals surface area contributed by atoms with Crippen molar-refractivity contribution in [3.05, 3.63) is 47.5 Å². The summed E-state index contributed by atoms with van der Waals surface area (Å²) >= 11 is 0. The second-order valence-electron chi connectivity index (χ2n) is 7.09. The zero-order chi connectivity index (χ0) is 17.9. The van der Waals surface area contributed by atoms with Crippen molar-refractivity contribution in [2.75, 3.05) is 0 Å². The SMILES string of the molecule is CCCCCCCCCCCCc1cc2ccccc2cc1C(=O)O. The summed E-state index contributed by atoms with van der Waals surface area (Å²) in [5.41, 5.74) is 1.44. The number of rotatable bonds is 12. The number of carbonyl (C=O) groups is 1. The molecular formula is C23H32O2. The van der Waals surface area contributed by atoms with Gasteiger partial charge in [0.2, 0.25) is 0 Å². The standard InChI is InChI=1S/C23H32O2/c1-2-3-4-5-6-7-8-9-10-11-16-21-17-19-14-12-13-15-20(19)18-22(21)23(24)25/h12-15,17-18H,2-11,16H2,1H3,(H,24,25). The van der Waals surface area contributed by atoms with Crippen LogP contribution in [-0.4, -0.2) is 11.1 Å². The van der Waals surface area contributed by atoms with Crippen LogP contribution in [0.4, 0.5) is 0 Å². The van der Waals surface area contributed by atoms with Gasteiger partial charge in [0.1, 0.15) is 0 Å². The molecule has 1 N–H and O–H groups in total. The first-order valence-corrected chi connectivity index (χ1v) is 9.97. The summed E-state index contributed by atoms with van der Waals surface area (Å²) in [6.07, 6.45) is 13.9. The quantitative estimate of drug-likeness (QED) is 0.422. The third-order valence-corrected chi connectivity index (χ3v) is 5.00. The molecule has 2 nitrogen and oxygen atoms in total. The number of hydrogen-bond donors (Lipinski definition) is 1. The van der Waals surface area contributed by atoms with E-state index in [1.807, 2.05) is 24.3 Å². The molecule has 2 aromatic rings. The first-order chi connectivity index (χ1) is 12.2. The van der Waals surface area contributed by atoms with Crippen LogP contribution in [0.25, 0.3) is 10.8 Å². The van der Waals surface area contributed by atoms with E-state index >= 15 is 0 Å². The predicted octanol–water partition coefficient (Wildman–Crippen LogP) is 7.00. The summed E-state index contributed by atoms with van der Waals surface area (Å²) in [5.74, 6) is -0.812. The average Bonchev–Trinajstić information content (AvgIpc) is 2.62. The van der Waals surface area contributed by atoms with E-state index in [-0.39, 0.29) is 0 Å². The number of carboxylic acids is 1. The fourth-order valence-electron chi connectivity index (χ4n) is 3.50. The van der Waals surface area contributed by atoms with Crippen LogP contribution in [0.3, 0.4) is 0 Å². The molecule has 2 rings (SSSR count). The zero-order valence-corrected chi connectivity index (χ0v) is 15.6. The molecule has 0 radical (unpaired) electrons. The highest BCUT2D eigenvalue weighted by Crippen LogP contribution is 2.22. The second kappa shape index (κ2) is 10.9. The van der Waals surface area contributed by atoms with Crippen LogP contribution in [0.2, 0.25) is 0 Å². The highest BCUT2D eigenvalue weighted by Gasteiger charge is 2.11. The number of carboxylic acid groups (broad SMARTS) is 1. The van der Waals surface area contributed by atoms with E-state index in [0.29, 0.717) is 5.56 Å². The summed E-state index contributed by atoms with van der Waals surface area (Å²) in [7, 11) is 0. The first kappa shape index (κ1) is 19.5. The highest BCUT2D eigenvalue weighted by atomic mass is 16.4. The van der Waals surface area contributed by atoms with E-state index in [1.54, 1.807) is 0 Å². The van der Waals surface area contributed by atoms with Crippen molar-refractivity contribution in [2.45, 2.75) is 77.6 Å². The van der Waals surface area contributed by atoms with Crippen LogP contribution in [0.1, 0.15) is 87.1 Å². The van der Waals surface area contributed by atoms with Gasteiger partial charge in [-0.2, -0.15) is 0 Å². The van der Waals surface area contributed by atoms with E-state index in [4.69, 9.17) is 0 Å². The molecule has 0 aliphatic rings. The summed E-state index contributed by atoms with van der Waals surface area (Å²) in [6.45, 7) is 2.26. The molecule has 0 spiro atoms. The summed E-state index contributed by atoms with van der Waals surface area (Å²) in [6, 6.07) is 11.9. The van der Waals surface area contributed by atoms with Crippen LogP contribution < -0.4 is 0 Å². The van der Waals surface area contributed by atoms with Crippen molar-refractivity contribution in [1.29, 1.82) is 0 Å². The molecule has 0 heterocycles. The molecule has 0 fully saturated rings. The maximum absolute atomic E-state index is 11.5. The number of benzene rings is 2. The van der Waals surface area contributed by atoms with Gasteiger partial charge in [-0.25, -0.2) is 4.79 Å². The Morgan fingerprint density at radius 1 is 0.800 bits per heavy atom. The van der Waals surface area contributed by atoms with Gasteiger partial charge >= 0.3 is 5.97 Å². The zero-order valence-electron chi connectivity index (χ0n) is 15.6. The van der Waals surface area contributed by atoms with Gasteiger partial charge in [0.15, 0.2) is 0 Å². The van der Waals surface area contributed by atoms with Crippen molar-refractivity contribution in [3.63, 3.8) is 0 Å². The number of aromatic carboxylic acids is 1. The normalized spacial score (nSPS) is 11.1. The lowest BCUT2D eigenvalue weighted by Crippen LogP contribution is -2.03. The van der Waals surface area contributed by atoms with Crippen molar-refractivity contribution in [3.8, 4) is 0 Å². The fraction of sp³-hybridized carbons (Fsp3) is 0.522. The van der Waals surface area contributed by atoms with E-state index in [2.05, 4.69) is 19.1 Å². The number of fused-ring (bicyclic) bond motifs is 1. The van der Waals surface area contributed by atoms with Gasteiger partial charge < -0.3 is 5.11 Å². The first-order valence-electron chi connectivity index (χ1n) is 9.97. The number of unbranched alkanes of at least 4 members (excludes halogenated alkanes) is 9. The van der Waals surface area contributed by atoms with Crippen LogP contribution in [-0.2, 0) is 6.42 Å². The maximum Gasteiger partial charge on any atom is 0.335 e. The largest absolute Gasteiger partial charge is 0.478 e. The van der Waals surface area contributed by atoms with E-state index < -0.39 is 5.97 Å². The van der Waals surface area contributed by atoms with E-state index in [9.17, 15) is 9.90 Å². The molecule has 0 amide bonds. The maximum atomic E-state index is 11.5. The molecule has 25 heavy (non-hydrogen) atoms. The Kier molecular flexibility index (Phi) is 8.51. The van der Waals surface area contributed by atoms with Gasteiger partial charge in [0.05, 0.1) is 5.56 Å².